The quantitative estimate of drug-likeness (QED) is 0.679. The summed E-state index contributed by atoms with van der Waals surface area (Å²) in [5.41, 5.74) is 0. The van der Waals surface area contributed by atoms with Gasteiger partial charge in [0.25, 0.3) is 0 Å². The first kappa shape index (κ1) is 11.7. The van der Waals surface area contributed by atoms with Crippen molar-refractivity contribution < 1.29 is 9.53 Å². The highest BCUT2D eigenvalue weighted by atomic mass is 16.5. The molecule has 0 aromatic rings. The molecule has 1 aliphatic rings. The molecule has 1 fully saturated rings. The fourth-order valence-electron chi connectivity index (χ4n) is 2.10. The topological polar surface area (TPSA) is 26.3 Å². The van der Waals surface area contributed by atoms with Crippen LogP contribution >= 0.6 is 0 Å². The lowest BCUT2D eigenvalue weighted by atomic mass is 9.90. The molecule has 0 saturated carbocycles. The zero-order chi connectivity index (χ0) is 10.4. The van der Waals surface area contributed by atoms with Crippen molar-refractivity contribution in [2.24, 2.45) is 11.8 Å². The first-order chi connectivity index (χ1) is 6.74. The Labute approximate surface area is 87.0 Å². The Hall–Kier alpha value is -0.370. The van der Waals surface area contributed by atoms with E-state index in [-0.39, 0.29) is 5.92 Å². The van der Waals surface area contributed by atoms with Gasteiger partial charge in [0.15, 0.2) is 0 Å². The minimum atomic E-state index is 0.197. The van der Waals surface area contributed by atoms with Gasteiger partial charge in [0, 0.05) is 18.9 Å². The number of ether oxygens (including phenoxy) is 1. The molecule has 82 valence electrons. The number of Topliss-reactive ketones (excluding diaryl/α,β-unsaturated/α-hetero) is 1. The molecule has 0 aromatic heterocycles. The first-order valence-corrected chi connectivity index (χ1v) is 5.84. The average molecular weight is 198 g/mol. The van der Waals surface area contributed by atoms with Crippen LogP contribution in [0.3, 0.4) is 0 Å². The fourth-order valence-corrected chi connectivity index (χ4v) is 2.10. The van der Waals surface area contributed by atoms with Crippen molar-refractivity contribution in [3.63, 3.8) is 0 Å². The standard InChI is InChI=1S/C12H22O2/c1-3-5-10(2)8-12(13)11-6-4-7-14-9-11/h10-11H,3-9H2,1-2H3. The monoisotopic (exact) mass is 198 g/mol. The van der Waals surface area contributed by atoms with Crippen molar-refractivity contribution >= 4 is 5.78 Å². The average Bonchev–Trinajstić information content (AvgIpc) is 2.19. The van der Waals surface area contributed by atoms with Crippen LogP contribution in [-0.4, -0.2) is 19.0 Å². The van der Waals surface area contributed by atoms with Crippen LogP contribution in [-0.2, 0) is 9.53 Å². The molecule has 0 amide bonds. The molecule has 1 rings (SSSR count). The van der Waals surface area contributed by atoms with Crippen LogP contribution in [0.25, 0.3) is 0 Å². The third-order valence-corrected chi connectivity index (χ3v) is 2.95. The van der Waals surface area contributed by atoms with Crippen LogP contribution in [0.4, 0.5) is 0 Å². The van der Waals surface area contributed by atoms with Crippen LogP contribution in [0, 0.1) is 11.8 Å². The summed E-state index contributed by atoms with van der Waals surface area (Å²) in [5, 5.41) is 0. The lowest BCUT2D eigenvalue weighted by Gasteiger charge is -2.22. The Bertz CT molecular complexity index is 171. The van der Waals surface area contributed by atoms with Crippen molar-refractivity contribution in [3.05, 3.63) is 0 Å². The van der Waals surface area contributed by atoms with E-state index in [2.05, 4.69) is 13.8 Å². The number of carbonyl (C=O) groups excluding carboxylic acids is 1. The summed E-state index contributed by atoms with van der Waals surface area (Å²) < 4.78 is 5.32. The lowest BCUT2D eigenvalue weighted by molar-refractivity contribution is -0.127. The van der Waals surface area contributed by atoms with Gasteiger partial charge in [0.2, 0.25) is 0 Å². The molecular weight excluding hydrogens is 176 g/mol. The molecule has 1 aliphatic heterocycles. The van der Waals surface area contributed by atoms with Gasteiger partial charge in [-0.15, -0.1) is 0 Å². The highest BCUT2D eigenvalue weighted by Crippen LogP contribution is 2.20. The summed E-state index contributed by atoms with van der Waals surface area (Å²) in [6, 6.07) is 0. The molecule has 1 saturated heterocycles. The van der Waals surface area contributed by atoms with Gasteiger partial charge in [0.1, 0.15) is 5.78 Å². The van der Waals surface area contributed by atoms with Gasteiger partial charge in [-0.3, -0.25) is 4.79 Å². The Kier molecular flexibility index (Phi) is 5.16. The van der Waals surface area contributed by atoms with E-state index in [1.807, 2.05) is 0 Å². The Morgan fingerprint density at radius 2 is 2.36 bits per heavy atom. The maximum atomic E-state index is 11.8. The van der Waals surface area contributed by atoms with Crippen LogP contribution in [0.15, 0.2) is 0 Å². The largest absolute Gasteiger partial charge is 0.381 e. The number of carbonyl (C=O) groups is 1. The normalized spacial score (nSPS) is 24.6. The molecule has 2 unspecified atom stereocenters. The second kappa shape index (κ2) is 6.18. The maximum absolute atomic E-state index is 11.8. The van der Waals surface area contributed by atoms with E-state index in [4.69, 9.17) is 4.74 Å². The Balaban J connectivity index is 2.25. The van der Waals surface area contributed by atoms with Gasteiger partial charge >= 0.3 is 0 Å². The molecule has 0 radical (unpaired) electrons. The number of ketones is 1. The summed E-state index contributed by atoms with van der Waals surface area (Å²) in [5.74, 6) is 1.17. The molecule has 0 aromatic carbocycles. The minimum Gasteiger partial charge on any atom is -0.381 e. The van der Waals surface area contributed by atoms with Crippen LogP contribution < -0.4 is 0 Å². The molecule has 0 spiro atoms. The van der Waals surface area contributed by atoms with Gasteiger partial charge in [-0.25, -0.2) is 0 Å². The summed E-state index contributed by atoms with van der Waals surface area (Å²) in [6.45, 7) is 5.85. The van der Waals surface area contributed by atoms with Gasteiger partial charge in [0.05, 0.1) is 6.61 Å². The van der Waals surface area contributed by atoms with E-state index in [9.17, 15) is 4.79 Å². The molecular formula is C12H22O2. The predicted octanol–water partition coefficient (Wildman–Crippen LogP) is 2.81. The summed E-state index contributed by atoms with van der Waals surface area (Å²) >= 11 is 0. The zero-order valence-electron chi connectivity index (χ0n) is 9.42. The maximum Gasteiger partial charge on any atom is 0.138 e. The molecule has 0 N–H and O–H groups in total. The summed E-state index contributed by atoms with van der Waals surface area (Å²) in [6.07, 6.45) is 5.19. The van der Waals surface area contributed by atoms with Crippen LogP contribution in [0.1, 0.15) is 46.0 Å². The molecule has 1 heterocycles. The van der Waals surface area contributed by atoms with Gasteiger partial charge in [-0.2, -0.15) is 0 Å². The number of rotatable bonds is 5. The summed E-state index contributed by atoms with van der Waals surface area (Å²) in [7, 11) is 0. The third-order valence-electron chi connectivity index (χ3n) is 2.95. The number of hydrogen-bond acceptors (Lipinski definition) is 2. The highest BCUT2D eigenvalue weighted by molar-refractivity contribution is 5.81. The van der Waals surface area contributed by atoms with Crippen LogP contribution in [0.2, 0.25) is 0 Å². The van der Waals surface area contributed by atoms with E-state index >= 15 is 0 Å². The Morgan fingerprint density at radius 3 is 2.93 bits per heavy atom. The molecule has 14 heavy (non-hydrogen) atoms. The third kappa shape index (κ3) is 3.79. The SMILES string of the molecule is CCCC(C)CC(=O)C1CCCOC1. The zero-order valence-corrected chi connectivity index (χ0v) is 9.42. The second-order valence-corrected chi connectivity index (χ2v) is 4.48. The molecule has 0 bridgehead atoms. The molecule has 2 nitrogen and oxygen atoms in total. The van der Waals surface area contributed by atoms with E-state index < -0.39 is 0 Å². The summed E-state index contributed by atoms with van der Waals surface area (Å²) in [4.78, 5) is 11.8. The van der Waals surface area contributed by atoms with E-state index in [1.165, 1.54) is 12.8 Å². The first-order valence-electron chi connectivity index (χ1n) is 5.84. The van der Waals surface area contributed by atoms with E-state index in [0.717, 1.165) is 25.9 Å². The smallest absolute Gasteiger partial charge is 0.138 e. The Morgan fingerprint density at radius 1 is 1.57 bits per heavy atom. The number of hydrogen-bond donors (Lipinski definition) is 0. The predicted molar refractivity (Wildman–Crippen MR) is 57.2 cm³/mol. The van der Waals surface area contributed by atoms with Crippen LogP contribution in [0.5, 0.6) is 0 Å². The molecule has 2 atom stereocenters. The highest BCUT2D eigenvalue weighted by Gasteiger charge is 2.22. The van der Waals surface area contributed by atoms with Crippen molar-refractivity contribution in [2.75, 3.05) is 13.2 Å². The minimum absolute atomic E-state index is 0.197. The van der Waals surface area contributed by atoms with Gasteiger partial charge < -0.3 is 4.74 Å². The van der Waals surface area contributed by atoms with Gasteiger partial charge in [-0.05, 0) is 18.8 Å². The lowest BCUT2D eigenvalue weighted by Crippen LogP contribution is -2.26. The van der Waals surface area contributed by atoms with Crippen molar-refractivity contribution in [1.82, 2.24) is 0 Å². The molecule has 2 heteroatoms. The second-order valence-electron chi connectivity index (χ2n) is 4.48. The van der Waals surface area contributed by atoms with E-state index in [0.29, 0.717) is 18.3 Å². The van der Waals surface area contributed by atoms with Gasteiger partial charge in [-0.1, -0.05) is 26.7 Å². The van der Waals surface area contributed by atoms with Crippen molar-refractivity contribution in [3.8, 4) is 0 Å². The van der Waals surface area contributed by atoms with Crippen molar-refractivity contribution in [2.45, 2.75) is 46.0 Å². The van der Waals surface area contributed by atoms with Crippen molar-refractivity contribution in [1.29, 1.82) is 0 Å². The fraction of sp³-hybridized carbons (Fsp3) is 0.917. The van der Waals surface area contributed by atoms with E-state index in [1.54, 1.807) is 0 Å². The molecule has 0 aliphatic carbocycles.